The van der Waals surface area contributed by atoms with Crippen LogP contribution in [0.25, 0.3) is 0 Å². The molecule has 1 heterocycles. The zero-order valence-corrected chi connectivity index (χ0v) is 17.9. The molecular formula is C23H32BN4O2. The lowest BCUT2D eigenvalue weighted by atomic mass is 9.59. The van der Waals surface area contributed by atoms with Crippen LogP contribution in [0.4, 0.5) is 5.69 Å². The van der Waals surface area contributed by atoms with Gasteiger partial charge in [-0.15, -0.1) is 5.47 Å². The quantitative estimate of drug-likeness (QED) is 0.454. The van der Waals surface area contributed by atoms with Crippen molar-refractivity contribution >= 4 is 30.5 Å². The Balaban J connectivity index is 1.73. The lowest BCUT2D eigenvalue weighted by Gasteiger charge is -2.32. The minimum Gasteiger partial charge on any atom is -0.382 e. The summed E-state index contributed by atoms with van der Waals surface area (Å²) in [5.41, 5.74) is 8.92. The van der Waals surface area contributed by atoms with Gasteiger partial charge in [-0.2, -0.15) is 0 Å². The largest absolute Gasteiger partial charge is 0.382 e. The Morgan fingerprint density at radius 3 is 2.53 bits per heavy atom. The molecule has 1 aromatic carbocycles. The third-order valence-corrected chi connectivity index (χ3v) is 5.98. The summed E-state index contributed by atoms with van der Waals surface area (Å²) < 4.78 is 0. The first-order valence-corrected chi connectivity index (χ1v) is 11.1. The molecule has 1 saturated heterocycles. The Hall–Kier alpha value is -2.57. The maximum absolute atomic E-state index is 13.0. The second-order valence-electron chi connectivity index (χ2n) is 8.25. The van der Waals surface area contributed by atoms with Gasteiger partial charge >= 0.3 is 0 Å². The molecule has 30 heavy (non-hydrogen) atoms. The molecule has 1 aromatic rings. The molecule has 1 atom stereocenters. The smallest absolute Gasteiger partial charge is 0.271 e. The minimum atomic E-state index is -0.440. The lowest BCUT2D eigenvalue weighted by molar-refractivity contribution is -0.124. The normalized spacial score (nSPS) is 19.4. The van der Waals surface area contributed by atoms with Crippen molar-refractivity contribution in [3.63, 3.8) is 0 Å². The SMILES string of the molecule is CCC[B]C1=C(C(=N)C(=O)N2CCCCC2)CC(Nc2ccc(C(N)=O)cc2)CC1. The predicted molar refractivity (Wildman–Crippen MR) is 122 cm³/mol. The Labute approximate surface area is 180 Å². The van der Waals surface area contributed by atoms with Crippen LogP contribution in [0.15, 0.2) is 35.3 Å². The number of amides is 2. The zero-order chi connectivity index (χ0) is 21.5. The molecule has 1 fully saturated rings. The minimum absolute atomic E-state index is 0.126. The van der Waals surface area contributed by atoms with Crippen molar-refractivity contribution in [3.8, 4) is 0 Å². The van der Waals surface area contributed by atoms with Crippen molar-refractivity contribution in [2.75, 3.05) is 18.4 Å². The van der Waals surface area contributed by atoms with Gasteiger partial charge in [-0.3, -0.25) is 15.0 Å². The first kappa shape index (κ1) is 22.1. The van der Waals surface area contributed by atoms with Gasteiger partial charge in [0.1, 0.15) is 13.0 Å². The number of primary amides is 1. The number of hydrogen-bond donors (Lipinski definition) is 3. The molecular weight excluding hydrogens is 375 g/mol. The molecule has 7 heteroatoms. The molecule has 1 aliphatic carbocycles. The Kier molecular flexibility index (Phi) is 7.72. The van der Waals surface area contributed by atoms with Crippen molar-refractivity contribution in [2.24, 2.45) is 5.73 Å². The summed E-state index contributed by atoms with van der Waals surface area (Å²) in [7, 11) is 2.21. The second kappa shape index (κ2) is 10.5. The third-order valence-electron chi connectivity index (χ3n) is 5.98. The number of nitrogens with two attached hydrogens (primary N) is 1. The van der Waals surface area contributed by atoms with Gasteiger partial charge in [0, 0.05) is 30.4 Å². The zero-order valence-electron chi connectivity index (χ0n) is 17.9. The predicted octanol–water partition coefficient (Wildman–Crippen LogP) is 3.57. The maximum atomic E-state index is 13.0. The number of likely N-dealkylation sites (tertiary alicyclic amines) is 1. The Bertz CT molecular complexity index is 813. The van der Waals surface area contributed by atoms with Crippen LogP contribution in [0.2, 0.25) is 6.32 Å². The molecule has 2 aliphatic rings. The van der Waals surface area contributed by atoms with E-state index in [1.165, 1.54) is 0 Å². The molecule has 2 amide bonds. The van der Waals surface area contributed by atoms with Crippen molar-refractivity contribution in [1.82, 2.24) is 4.90 Å². The molecule has 0 aromatic heterocycles. The van der Waals surface area contributed by atoms with Crippen LogP contribution >= 0.6 is 0 Å². The van der Waals surface area contributed by atoms with Crippen molar-refractivity contribution in [3.05, 3.63) is 40.9 Å². The molecule has 3 rings (SSSR count). The van der Waals surface area contributed by atoms with Crippen LogP contribution in [-0.2, 0) is 4.79 Å². The van der Waals surface area contributed by atoms with Gasteiger partial charge in [-0.05, 0) is 68.4 Å². The van der Waals surface area contributed by atoms with E-state index >= 15 is 0 Å². The average Bonchev–Trinajstić information content (AvgIpc) is 2.78. The van der Waals surface area contributed by atoms with E-state index in [2.05, 4.69) is 19.5 Å². The molecule has 6 nitrogen and oxygen atoms in total. The fourth-order valence-corrected chi connectivity index (χ4v) is 4.24. The van der Waals surface area contributed by atoms with Crippen LogP contribution in [0.1, 0.15) is 62.2 Å². The van der Waals surface area contributed by atoms with E-state index in [4.69, 9.17) is 11.1 Å². The van der Waals surface area contributed by atoms with Gasteiger partial charge in [0.05, 0.1) is 0 Å². The van der Waals surface area contributed by atoms with Crippen LogP contribution < -0.4 is 11.1 Å². The first-order chi connectivity index (χ1) is 14.5. The molecule has 0 saturated carbocycles. The van der Waals surface area contributed by atoms with Gasteiger partial charge < -0.3 is 16.0 Å². The number of allylic oxidation sites excluding steroid dienone is 1. The number of anilines is 1. The summed E-state index contributed by atoms with van der Waals surface area (Å²) in [6.45, 7) is 3.66. The fourth-order valence-electron chi connectivity index (χ4n) is 4.24. The van der Waals surface area contributed by atoms with Crippen molar-refractivity contribution < 1.29 is 9.59 Å². The molecule has 159 valence electrons. The van der Waals surface area contributed by atoms with E-state index in [0.29, 0.717) is 12.0 Å². The first-order valence-electron chi connectivity index (χ1n) is 11.1. The highest BCUT2D eigenvalue weighted by atomic mass is 16.2. The summed E-state index contributed by atoms with van der Waals surface area (Å²) in [6, 6.07) is 7.28. The number of nitrogens with one attached hydrogen (secondary N) is 2. The highest BCUT2D eigenvalue weighted by Crippen LogP contribution is 2.29. The molecule has 1 radical (unpaired) electrons. The maximum Gasteiger partial charge on any atom is 0.271 e. The van der Waals surface area contributed by atoms with Crippen LogP contribution in [0.3, 0.4) is 0 Å². The summed E-state index contributed by atoms with van der Waals surface area (Å²) in [4.78, 5) is 26.1. The number of carbonyl (C=O) groups excluding carboxylic acids is 2. The fraction of sp³-hybridized carbons (Fsp3) is 0.522. The molecule has 4 N–H and O–H groups in total. The van der Waals surface area contributed by atoms with Crippen molar-refractivity contribution in [2.45, 2.75) is 64.2 Å². The number of benzene rings is 1. The van der Waals surface area contributed by atoms with E-state index in [1.54, 1.807) is 12.1 Å². The van der Waals surface area contributed by atoms with Crippen LogP contribution in [0.5, 0.6) is 0 Å². The molecule has 0 spiro atoms. The lowest BCUT2D eigenvalue weighted by Crippen LogP contribution is -2.41. The molecule has 0 bridgehead atoms. The second-order valence-corrected chi connectivity index (χ2v) is 8.25. The Morgan fingerprint density at radius 1 is 1.20 bits per heavy atom. The summed E-state index contributed by atoms with van der Waals surface area (Å²) >= 11 is 0. The van der Waals surface area contributed by atoms with E-state index in [-0.39, 0.29) is 17.7 Å². The van der Waals surface area contributed by atoms with E-state index in [9.17, 15) is 9.59 Å². The summed E-state index contributed by atoms with van der Waals surface area (Å²) in [6.07, 6.45) is 7.71. The highest BCUT2D eigenvalue weighted by Gasteiger charge is 2.29. The average molecular weight is 407 g/mol. The number of carbonyl (C=O) groups is 2. The van der Waals surface area contributed by atoms with Gasteiger partial charge in [-0.1, -0.05) is 19.7 Å². The topological polar surface area (TPSA) is 99.3 Å². The van der Waals surface area contributed by atoms with Crippen LogP contribution in [0, 0.1) is 5.41 Å². The standard InChI is InChI=1S/C23H32BN4O2/c1-2-12-24-20-11-10-18(27-17-8-6-16(7-9-17)22(26)29)15-19(20)21(25)23(30)28-13-4-3-5-14-28/h6-9,18,25,27H,2-5,10-15H2,1H3,(H2,26,29). The monoisotopic (exact) mass is 407 g/mol. The van der Waals surface area contributed by atoms with Gasteiger partial charge in [0.25, 0.3) is 5.91 Å². The van der Waals surface area contributed by atoms with E-state index in [0.717, 1.165) is 74.7 Å². The number of hydrogen-bond acceptors (Lipinski definition) is 4. The van der Waals surface area contributed by atoms with Crippen molar-refractivity contribution in [1.29, 1.82) is 5.41 Å². The van der Waals surface area contributed by atoms with Gasteiger partial charge in [-0.25, -0.2) is 0 Å². The third kappa shape index (κ3) is 5.52. The van der Waals surface area contributed by atoms with Gasteiger partial charge in [0.2, 0.25) is 5.91 Å². The molecule has 1 unspecified atom stereocenters. The number of piperidine rings is 1. The van der Waals surface area contributed by atoms with Gasteiger partial charge in [0.15, 0.2) is 0 Å². The summed E-state index contributed by atoms with van der Waals surface area (Å²) in [5, 5.41) is 12.2. The van der Waals surface area contributed by atoms with Crippen LogP contribution in [-0.4, -0.2) is 48.8 Å². The number of nitrogens with zero attached hydrogens (tertiary/aromatic N) is 1. The van der Waals surface area contributed by atoms with E-state index < -0.39 is 5.91 Å². The molecule has 1 aliphatic heterocycles. The Morgan fingerprint density at radius 2 is 1.90 bits per heavy atom. The highest BCUT2D eigenvalue weighted by molar-refractivity contribution is 6.51. The van der Waals surface area contributed by atoms with E-state index in [1.807, 2.05) is 17.0 Å². The summed E-state index contributed by atoms with van der Waals surface area (Å²) in [5.74, 6) is -0.566. The number of rotatable bonds is 8.